The van der Waals surface area contributed by atoms with Gasteiger partial charge in [0.15, 0.2) is 0 Å². The molecular weight excluding hydrogens is 387 g/mol. The number of alkyl halides is 3. The van der Waals surface area contributed by atoms with Crippen molar-refractivity contribution in [1.29, 1.82) is 0 Å². The Morgan fingerprint density at radius 1 is 1.23 bits per heavy atom. The number of thioether (sulfide) groups is 1. The van der Waals surface area contributed by atoms with Gasteiger partial charge in [-0.05, 0) is 6.07 Å². The second-order valence-corrected chi connectivity index (χ2v) is 9.43. The van der Waals surface area contributed by atoms with Gasteiger partial charge in [-0.3, -0.25) is 4.79 Å². The van der Waals surface area contributed by atoms with Crippen molar-refractivity contribution in [2.24, 2.45) is 0 Å². The van der Waals surface area contributed by atoms with Crippen molar-refractivity contribution in [1.82, 2.24) is 9.88 Å². The van der Waals surface area contributed by atoms with Crippen molar-refractivity contribution in [3.63, 3.8) is 0 Å². The highest BCUT2D eigenvalue weighted by atomic mass is 35.5. The summed E-state index contributed by atoms with van der Waals surface area (Å²) < 4.78 is 38.2. The van der Waals surface area contributed by atoms with Gasteiger partial charge >= 0.3 is 6.18 Å². The lowest BCUT2D eigenvalue weighted by molar-refractivity contribution is -0.137. The molecule has 26 heavy (non-hydrogen) atoms. The Balaban J connectivity index is 1.89. The summed E-state index contributed by atoms with van der Waals surface area (Å²) in [6.07, 6.45) is -3.19. The molecule has 1 fully saturated rings. The van der Waals surface area contributed by atoms with E-state index in [0.29, 0.717) is 38.4 Å². The average Bonchev–Trinajstić information content (AvgIpc) is 2.53. The molecule has 0 N–H and O–H groups in total. The topological polar surface area (TPSA) is 36.4 Å². The summed E-state index contributed by atoms with van der Waals surface area (Å²) >= 11 is 7.74. The maximum absolute atomic E-state index is 12.7. The molecule has 1 aromatic heterocycles. The lowest BCUT2D eigenvalue weighted by Crippen LogP contribution is -2.49. The summed E-state index contributed by atoms with van der Waals surface area (Å²) in [5, 5.41) is -0.0267. The monoisotopic (exact) mass is 409 g/mol. The third kappa shape index (κ3) is 5.94. The number of rotatable bonds is 4. The molecule has 0 aliphatic carbocycles. The lowest BCUT2D eigenvalue weighted by atomic mass is 10.2. The summed E-state index contributed by atoms with van der Waals surface area (Å²) in [4.78, 5) is 19.8. The number of carbonyl (C=O) groups is 1. The van der Waals surface area contributed by atoms with Gasteiger partial charge in [0.05, 0.1) is 10.6 Å². The van der Waals surface area contributed by atoms with Gasteiger partial charge in [0.2, 0.25) is 5.91 Å². The average molecular weight is 410 g/mol. The number of hydrogen-bond acceptors (Lipinski definition) is 4. The van der Waals surface area contributed by atoms with Crippen molar-refractivity contribution < 1.29 is 18.0 Å². The molecule has 4 nitrogen and oxygen atoms in total. The maximum Gasteiger partial charge on any atom is 0.417 e. The van der Waals surface area contributed by atoms with Gasteiger partial charge in [-0.1, -0.05) is 32.4 Å². The molecule has 0 bridgehead atoms. The Morgan fingerprint density at radius 3 is 2.35 bits per heavy atom. The molecule has 1 aliphatic heterocycles. The predicted molar refractivity (Wildman–Crippen MR) is 99.9 cm³/mol. The van der Waals surface area contributed by atoms with Crippen LogP contribution in [0, 0.1) is 0 Å². The first-order valence-corrected chi connectivity index (χ1v) is 9.73. The van der Waals surface area contributed by atoms with Gasteiger partial charge < -0.3 is 9.80 Å². The van der Waals surface area contributed by atoms with E-state index >= 15 is 0 Å². The summed E-state index contributed by atoms with van der Waals surface area (Å²) in [7, 11) is 0. The van der Waals surface area contributed by atoms with E-state index in [1.54, 1.807) is 16.7 Å². The summed E-state index contributed by atoms with van der Waals surface area (Å²) in [6.45, 7) is 8.35. The van der Waals surface area contributed by atoms with Crippen molar-refractivity contribution >= 4 is 35.1 Å². The third-order valence-electron chi connectivity index (χ3n) is 3.93. The largest absolute Gasteiger partial charge is 0.417 e. The quantitative estimate of drug-likeness (QED) is 0.741. The zero-order valence-corrected chi connectivity index (χ0v) is 16.6. The van der Waals surface area contributed by atoms with Crippen LogP contribution in [0.15, 0.2) is 12.3 Å². The number of nitrogens with zero attached hydrogens (tertiary/aromatic N) is 3. The number of aromatic nitrogens is 1. The fourth-order valence-corrected chi connectivity index (χ4v) is 3.76. The van der Waals surface area contributed by atoms with Crippen LogP contribution in [-0.4, -0.2) is 52.5 Å². The number of anilines is 1. The SMILES string of the molecule is CC(C)(C)SCCC(=O)N1CCN(c2ncc(C(F)(F)F)cc2Cl)CC1. The molecule has 0 radical (unpaired) electrons. The molecule has 0 saturated carbocycles. The van der Waals surface area contributed by atoms with Crippen LogP contribution in [0.1, 0.15) is 32.8 Å². The van der Waals surface area contributed by atoms with Gasteiger partial charge in [-0.2, -0.15) is 24.9 Å². The fourth-order valence-electron chi connectivity index (χ4n) is 2.59. The van der Waals surface area contributed by atoms with E-state index in [1.165, 1.54) is 0 Å². The Morgan fingerprint density at radius 2 is 1.85 bits per heavy atom. The second kappa shape index (κ2) is 8.25. The highest BCUT2D eigenvalue weighted by Gasteiger charge is 2.32. The van der Waals surface area contributed by atoms with E-state index in [0.717, 1.165) is 18.0 Å². The van der Waals surface area contributed by atoms with E-state index in [1.807, 2.05) is 4.90 Å². The molecule has 0 aromatic carbocycles. The van der Waals surface area contributed by atoms with Crippen LogP contribution in [-0.2, 0) is 11.0 Å². The van der Waals surface area contributed by atoms with Crippen molar-refractivity contribution in [2.75, 3.05) is 36.8 Å². The molecule has 0 unspecified atom stereocenters. The maximum atomic E-state index is 12.7. The first-order valence-electron chi connectivity index (χ1n) is 8.37. The van der Waals surface area contributed by atoms with Crippen LogP contribution in [0.3, 0.4) is 0 Å². The van der Waals surface area contributed by atoms with Gasteiger partial charge in [0.25, 0.3) is 0 Å². The van der Waals surface area contributed by atoms with Gasteiger partial charge in [0.1, 0.15) is 5.82 Å². The number of amides is 1. The molecule has 1 aromatic rings. The standard InChI is InChI=1S/C17H23ClF3N3OS/c1-16(2,3)26-9-4-14(25)23-5-7-24(8-6-23)15-13(18)10-12(11-22-15)17(19,20)21/h10-11H,4-9H2,1-3H3. The van der Waals surface area contributed by atoms with Crippen molar-refractivity contribution in [3.8, 4) is 0 Å². The van der Waals surface area contributed by atoms with Crippen molar-refractivity contribution in [3.05, 3.63) is 22.8 Å². The number of carbonyl (C=O) groups excluding carboxylic acids is 1. The lowest BCUT2D eigenvalue weighted by Gasteiger charge is -2.36. The molecule has 1 aliphatic rings. The summed E-state index contributed by atoms with van der Waals surface area (Å²) in [5.74, 6) is 1.21. The highest BCUT2D eigenvalue weighted by molar-refractivity contribution is 8.00. The molecule has 0 spiro atoms. The van der Waals surface area contributed by atoms with E-state index in [9.17, 15) is 18.0 Å². The molecule has 1 saturated heterocycles. The minimum Gasteiger partial charge on any atom is -0.352 e. The smallest absolute Gasteiger partial charge is 0.352 e. The van der Waals surface area contributed by atoms with Crippen LogP contribution < -0.4 is 4.90 Å². The normalized spacial score (nSPS) is 16.1. The number of piperazine rings is 1. The molecule has 2 rings (SSSR count). The van der Waals surface area contributed by atoms with E-state index in [-0.39, 0.29) is 15.7 Å². The minimum atomic E-state index is -4.47. The van der Waals surface area contributed by atoms with Crippen LogP contribution in [0.25, 0.3) is 0 Å². The van der Waals surface area contributed by atoms with E-state index in [4.69, 9.17) is 11.6 Å². The molecule has 0 atom stereocenters. The molecule has 1 amide bonds. The van der Waals surface area contributed by atoms with E-state index < -0.39 is 11.7 Å². The van der Waals surface area contributed by atoms with Crippen LogP contribution >= 0.6 is 23.4 Å². The van der Waals surface area contributed by atoms with Crippen LogP contribution in [0.4, 0.5) is 19.0 Å². The Hall–Kier alpha value is -1.15. The third-order valence-corrected chi connectivity index (χ3v) is 5.48. The summed E-state index contributed by atoms with van der Waals surface area (Å²) in [6, 6.07) is 0.894. The van der Waals surface area contributed by atoms with Crippen LogP contribution in [0.2, 0.25) is 5.02 Å². The Bertz CT molecular complexity index is 641. The summed E-state index contributed by atoms with van der Waals surface area (Å²) in [5.41, 5.74) is -0.864. The molecular formula is C17H23ClF3N3OS. The van der Waals surface area contributed by atoms with Gasteiger partial charge in [0, 0.05) is 49.3 Å². The highest BCUT2D eigenvalue weighted by Crippen LogP contribution is 2.33. The number of halogens is 4. The second-order valence-electron chi connectivity index (χ2n) is 7.11. The number of pyridine rings is 1. The Labute approximate surface area is 161 Å². The molecule has 146 valence electrons. The molecule has 9 heteroatoms. The number of hydrogen-bond donors (Lipinski definition) is 0. The van der Waals surface area contributed by atoms with E-state index in [2.05, 4.69) is 25.8 Å². The van der Waals surface area contributed by atoms with Gasteiger partial charge in [-0.15, -0.1) is 0 Å². The molecule has 2 heterocycles. The first kappa shape index (κ1) is 21.2. The van der Waals surface area contributed by atoms with Gasteiger partial charge in [-0.25, -0.2) is 4.98 Å². The first-order chi connectivity index (χ1) is 12.0. The predicted octanol–water partition coefficient (Wildman–Crippen LogP) is 4.32. The minimum absolute atomic E-state index is 0.0267. The van der Waals surface area contributed by atoms with Crippen LogP contribution in [0.5, 0.6) is 0 Å². The van der Waals surface area contributed by atoms with Crippen molar-refractivity contribution in [2.45, 2.75) is 38.1 Å². The fraction of sp³-hybridized carbons (Fsp3) is 0.647. The zero-order chi connectivity index (χ0) is 19.5. The zero-order valence-electron chi connectivity index (χ0n) is 15.1. The Kier molecular flexibility index (Phi) is 6.71.